The lowest BCUT2D eigenvalue weighted by atomic mass is 10.1. The summed E-state index contributed by atoms with van der Waals surface area (Å²) in [6.07, 6.45) is -0.0767. The monoisotopic (exact) mass is 277 g/mol. The van der Waals surface area contributed by atoms with Gasteiger partial charge < -0.3 is 14.9 Å². The average Bonchev–Trinajstić information content (AvgIpc) is 2.40. The number of anilines is 1. The number of ether oxygens (including phenoxy) is 1. The van der Waals surface area contributed by atoms with Crippen LogP contribution in [0.25, 0.3) is 0 Å². The van der Waals surface area contributed by atoms with Crippen LogP contribution in [0.5, 0.6) is 5.75 Å². The Labute approximate surface area is 116 Å². The Bertz CT molecular complexity index is 585. The van der Waals surface area contributed by atoms with Gasteiger partial charge >= 0.3 is 5.82 Å². The molecule has 106 valence electrons. The highest BCUT2D eigenvalue weighted by molar-refractivity contribution is 5.99. The number of pyridine rings is 1. The fraction of sp³-hybridized carbons (Fsp3) is 0.385. The van der Waals surface area contributed by atoms with E-state index in [0.717, 1.165) is 5.57 Å². The first-order valence-corrected chi connectivity index (χ1v) is 6.22. The van der Waals surface area contributed by atoms with Crippen LogP contribution < -0.4 is 9.64 Å². The van der Waals surface area contributed by atoms with Gasteiger partial charge in [-0.2, -0.15) is 0 Å². The maximum Gasteiger partial charge on any atom is 0.366 e. The van der Waals surface area contributed by atoms with Gasteiger partial charge in [0.25, 0.3) is 11.7 Å². The molecule has 1 aromatic rings. The van der Waals surface area contributed by atoms with Crippen molar-refractivity contribution in [2.75, 3.05) is 11.4 Å². The molecule has 1 aromatic heterocycles. The molecular formula is C13H15N3O4. The molecule has 0 fully saturated rings. The lowest BCUT2D eigenvalue weighted by Crippen LogP contribution is -2.46. The van der Waals surface area contributed by atoms with Crippen LogP contribution in [-0.4, -0.2) is 28.5 Å². The summed E-state index contributed by atoms with van der Waals surface area (Å²) in [7, 11) is 0. The molecule has 7 nitrogen and oxygen atoms in total. The Morgan fingerprint density at radius 2 is 2.30 bits per heavy atom. The molecule has 7 heteroatoms. The SMILES string of the molecule is C=C(C)CN1C(=O)C(CC)Oc2ccc([N+](=O)[O-])nc21. The first-order valence-electron chi connectivity index (χ1n) is 6.22. The van der Waals surface area contributed by atoms with Crippen molar-refractivity contribution >= 4 is 17.5 Å². The second-order valence-electron chi connectivity index (χ2n) is 4.64. The number of carbonyl (C=O) groups is 1. The molecule has 0 radical (unpaired) electrons. The van der Waals surface area contributed by atoms with E-state index in [1.165, 1.54) is 17.0 Å². The third-order valence-electron chi connectivity index (χ3n) is 2.88. The van der Waals surface area contributed by atoms with Crippen LogP contribution in [0.15, 0.2) is 24.3 Å². The van der Waals surface area contributed by atoms with Crippen molar-refractivity contribution in [3.8, 4) is 5.75 Å². The Balaban J connectivity index is 2.50. The normalized spacial score (nSPS) is 17.4. The summed E-state index contributed by atoms with van der Waals surface area (Å²) < 4.78 is 5.53. The molecule has 0 bridgehead atoms. The second kappa shape index (κ2) is 5.28. The highest BCUT2D eigenvalue weighted by Crippen LogP contribution is 2.34. The molecular weight excluding hydrogens is 262 g/mol. The van der Waals surface area contributed by atoms with E-state index >= 15 is 0 Å². The molecule has 0 saturated heterocycles. The van der Waals surface area contributed by atoms with Gasteiger partial charge in [0, 0.05) is 6.07 Å². The van der Waals surface area contributed by atoms with Gasteiger partial charge in [0.2, 0.25) is 0 Å². The summed E-state index contributed by atoms with van der Waals surface area (Å²) in [4.78, 5) is 27.8. The van der Waals surface area contributed by atoms with E-state index in [1.807, 2.05) is 6.92 Å². The lowest BCUT2D eigenvalue weighted by Gasteiger charge is -2.30. The van der Waals surface area contributed by atoms with Crippen molar-refractivity contribution in [3.05, 3.63) is 34.4 Å². The molecule has 0 spiro atoms. The molecule has 0 aromatic carbocycles. The summed E-state index contributed by atoms with van der Waals surface area (Å²) in [5.41, 5.74) is 0.759. The van der Waals surface area contributed by atoms with E-state index in [-0.39, 0.29) is 24.1 Å². The number of nitro groups is 1. The predicted octanol–water partition coefficient (Wildman–Crippen LogP) is 2.07. The van der Waals surface area contributed by atoms with Crippen LogP contribution in [0, 0.1) is 10.1 Å². The van der Waals surface area contributed by atoms with Gasteiger partial charge in [-0.15, -0.1) is 0 Å². The molecule has 20 heavy (non-hydrogen) atoms. The molecule has 1 aliphatic heterocycles. The summed E-state index contributed by atoms with van der Waals surface area (Å²) >= 11 is 0. The molecule has 0 saturated carbocycles. The zero-order valence-electron chi connectivity index (χ0n) is 11.3. The van der Waals surface area contributed by atoms with Crippen LogP contribution >= 0.6 is 0 Å². The van der Waals surface area contributed by atoms with Crippen molar-refractivity contribution in [2.45, 2.75) is 26.4 Å². The largest absolute Gasteiger partial charge is 0.474 e. The molecule has 1 aliphatic rings. The highest BCUT2D eigenvalue weighted by Gasteiger charge is 2.37. The van der Waals surface area contributed by atoms with Crippen molar-refractivity contribution in [3.63, 3.8) is 0 Å². The lowest BCUT2D eigenvalue weighted by molar-refractivity contribution is -0.389. The van der Waals surface area contributed by atoms with Crippen molar-refractivity contribution in [1.29, 1.82) is 0 Å². The second-order valence-corrected chi connectivity index (χ2v) is 4.64. The van der Waals surface area contributed by atoms with Crippen LogP contribution in [0.4, 0.5) is 11.6 Å². The number of amides is 1. The van der Waals surface area contributed by atoms with E-state index in [1.54, 1.807) is 6.92 Å². The molecule has 1 unspecified atom stereocenters. The fourth-order valence-corrected chi connectivity index (χ4v) is 1.98. The number of carbonyl (C=O) groups excluding carboxylic acids is 1. The minimum Gasteiger partial charge on any atom is -0.474 e. The van der Waals surface area contributed by atoms with E-state index in [9.17, 15) is 14.9 Å². The maximum atomic E-state index is 12.3. The number of hydrogen-bond donors (Lipinski definition) is 0. The Morgan fingerprint density at radius 3 is 2.85 bits per heavy atom. The number of aromatic nitrogens is 1. The summed E-state index contributed by atoms with van der Waals surface area (Å²) in [6.45, 7) is 7.65. The minimum atomic E-state index is -0.602. The van der Waals surface area contributed by atoms with Gasteiger partial charge in [-0.3, -0.25) is 9.69 Å². The molecule has 0 aliphatic carbocycles. The van der Waals surface area contributed by atoms with E-state index in [2.05, 4.69) is 11.6 Å². The zero-order chi connectivity index (χ0) is 14.9. The first-order chi connectivity index (χ1) is 9.43. The molecule has 1 amide bonds. The molecule has 2 rings (SSSR count). The third kappa shape index (κ3) is 2.47. The van der Waals surface area contributed by atoms with Crippen LogP contribution in [0.2, 0.25) is 0 Å². The summed E-state index contributed by atoms with van der Waals surface area (Å²) in [5, 5.41) is 10.8. The maximum absolute atomic E-state index is 12.3. The van der Waals surface area contributed by atoms with Gasteiger partial charge in [0.15, 0.2) is 11.9 Å². The first kappa shape index (κ1) is 14.0. The zero-order valence-corrected chi connectivity index (χ0v) is 11.3. The average molecular weight is 277 g/mol. The van der Waals surface area contributed by atoms with Gasteiger partial charge in [-0.25, -0.2) is 0 Å². The van der Waals surface area contributed by atoms with Gasteiger partial charge in [0.1, 0.15) is 0 Å². The fourth-order valence-electron chi connectivity index (χ4n) is 1.98. The van der Waals surface area contributed by atoms with Crippen molar-refractivity contribution in [2.24, 2.45) is 0 Å². The van der Waals surface area contributed by atoms with Gasteiger partial charge in [-0.05, 0) is 29.3 Å². The van der Waals surface area contributed by atoms with Crippen LogP contribution in [0.3, 0.4) is 0 Å². The molecule has 2 heterocycles. The molecule has 0 N–H and O–H groups in total. The van der Waals surface area contributed by atoms with Gasteiger partial charge in [-0.1, -0.05) is 19.1 Å². The van der Waals surface area contributed by atoms with Gasteiger partial charge in [0.05, 0.1) is 6.54 Å². The van der Waals surface area contributed by atoms with Crippen LogP contribution in [0.1, 0.15) is 20.3 Å². The number of fused-ring (bicyclic) bond motifs is 1. The van der Waals surface area contributed by atoms with E-state index in [4.69, 9.17) is 4.74 Å². The third-order valence-corrected chi connectivity index (χ3v) is 2.88. The quantitative estimate of drug-likeness (QED) is 0.477. The number of hydrogen-bond acceptors (Lipinski definition) is 5. The Hall–Kier alpha value is -2.44. The predicted molar refractivity (Wildman–Crippen MR) is 72.8 cm³/mol. The topological polar surface area (TPSA) is 85.6 Å². The van der Waals surface area contributed by atoms with E-state index < -0.39 is 11.0 Å². The Morgan fingerprint density at radius 1 is 1.60 bits per heavy atom. The van der Waals surface area contributed by atoms with E-state index in [0.29, 0.717) is 12.2 Å². The summed E-state index contributed by atoms with van der Waals surface area (Å²) in [6, 6.07) is 2.74. The van der Waals surface area contributed by atoms with Crippen LogP contribution in [-0.2, 0) is 4.79 Å². The van der Waals surface area contributed by atoms with Crippen molar-refractivity contribution in [1.82, 2.24) is 4.98 Å². The Kier molecular flexibility index (Phi) is 3.69. The highest BCUT2D eigenvalue weighted by atomic mass is 16.6. The van der Waals surface area contributed by atoms with Crippen molar-refractivity contribution < 1.29 is 14.5 Å². The minimum absolute atomic E-state index is 0.178. The smallest absolute Gasteiger partial charge is 0.366 e. The summed E-state index contributed by atoms with van der Waals surface area (Å²) in [5.74, 6) is -0.0157. The number of rotatable bonds is 4. The standard InChI is InChI=1S/C13H15N3O4/c1-4-9-13(17)15(7-8(2)3)12-10(20-9)5-6-11(14-12)16(18)19/h5-6,9H,2,4,7H2,1,3H3. The molecule has 1 atom stereocenters. The number of nitrogens with zero attached hydrogens (tertiary/aromatic N) is 3.